The molecule has 35 heavy (non-hydrogen) atoms. The van der Waals surface area contributed by atoms with Crippen LogP contribution in [0.3, 0.4) is 0 Å². The molecular formula is C23H37N7O4S. The van der Waals surface area contributed by atoms with Gasteiger partial charge in [-0.15, -0.1) is 0 Å². The maximum Gasteiger partial charge on any atom is 0.243 e. The van der Waals surface area contributed by atoms with Crippen molar-refractivity contribution < 1.29 is 18.0 Å². The number of nitrogens with two attached hydrogens (primary N) is 3. The van der Waals surface area contributed by atoms with Crippen LogP contribution >= 0.6 is 0 Å². The molecule has 0 spiro atoms. The van der Waals surface area contributed by atoms with Crippen LogP contribution in [-0.4, -0.2) is 62.8 Å². The molecule has 0 bridgehead atoms. The third-order valence-corrected chi connectivity index (χ3v) is 8.13. The zero-order chi connectivity index (χ0) is 25.8. The Morgan fingerprint density at radius 1 is 1.23 bits per heavy atom. The molecule has 0 saturated carbocycles. The molecule has 1 fully saturated rings. The summed E-state index contributed by atoms with van der Waals surface area (Å²) >= 11 is 0. The van der Waals surface area contributed by atoms with E-state index in [-0.39, 0.29) is 29.7 Å². The predicted octanol–water partition coefficient (Wildman–Crippen LogP) is 0.104. The lowest BCUT2D eigenvalue weighted by atomic mass is 9.91. The van der Waals surface area contributed by atoms with E-state index >= 15 is 0 Å². The van der Waals surface area contributed by atoms with Gasteiger partial charge in [0.2, 0.25) is 21.8 Å². The van der Waals surface area contributed by atoms with Crippen molar-refractivity contribution in [1.29, 1.82) is 0 Å². The number of para-hydroxylation sites is 1. The molecular weight excluding hydrogens is 470 g/mol. The van der Waals surface area contributed by atoms with Crippen LogP contribution in [0.5, 0.6) is 0 Å². The van der Waals surface area contributed by atoms with E-state index in [4.69, 9.17) is 17.2 Å². The Balaban J connectivity index is 1.88. The number of aliphatic imine (C=N–C) groups is 1. The average molecular weight is 508 g/mol. The lowest BCUT2D eigenvalue weighted by molar-refractivity contribution is -0.143. The van der Waals surface area contributed by atoms with Crippen molar-refractivity contribution >= 4 is 33.5 Å². The van der Waals surface area contributed by atoms with Crippen molar-refractivity contribution in [3.05, 3.63) is 23.8 Å². The lowest BCUT2D eigenvalue weighted by Gasteiger charge is -2.38. The zero-order valence-electron chi connectivity index (χ0n) is 20.4. The highest BCUT2D eigenvalue weighted by Gasteiger charge is 2.38. The maximum absolute atomic E-state index is 13.6. The molecule has 3 rings (SSSR count). The van der Waals surface area contributed by atoms with Crippen LogP contribution < -0.4 is 27.2 Å². The number of likely N-dealkylation sites (tertiary alicyclic amines) is 1. The molecule has 1 aromatic carbocycles. The van der Waals surface area contributed by atoms with E-state index in [9.17, 15) is 18.0 Å². The van der Waals surface area contributed by atoms with Gasteiger partial charge in [-0.25, -0.2) is 8.42 Å². The molecule has 2 heterocycles. The number of rotatable bonds is 9. The second-order valence-corrected chi connectivity index (χ2v) is 11.4. The predicted molar refractivity (Wildman–Crippen MR) is 135 cm³/mol. The Morgan fingerprint density at radius 3 is 2.66 bits per heavy atom. The largest absolute Gasteiger partial charge is 0.383 e. The fourth-order valence-corrected chi connectivity index (χ4v) is 6.21. The highest BCUT2D eigenvalue weighted by atomic mass is 32.2. The van der Waals surface area contributed by atoms with Crippen LogP contribution in [0.4, 0.5) is 5.69 Å². The number of hydrogen-bond donors (Lipinski definition) is 5. The smallest absolute Gasteiger partial charge is 0.243 e. The summed E-state index contributed by atoms with van der Waals surface area (Å²) in [6, 6.07) is 3.27. The number of hydrogen-bond acceptors (Lipinski definition) is 6. The Kier molecular flexibility index (Phi) is 8.60. The standard InChI is InChI=1S/C23H37N7O4S/c1-14-8-10-30(18(12-14)21(24)31)22(32)17(6-4-9-27-23(25)26)29-35(33,34)19-7-3-5-16-11-15(2)13-28-20(16)19/h3,5,7,14-15,17-18,28-29H,4,6,8-13H2,1-2H3,(H2,24,31)(H4,25,26,27)/t14-,15?,17+,18-/m1/s1. The van der Waals surface area contributed by atoms with Crippen LogP contribution in [-0.2, 0) is 26.0 Å². The second kappa shape index (κ2) is 11.3. The van der Waals surface area contributed by atoms with Gasteiger partial charge in [0.25, 0.3) is 0 Å². The molecule has 1 unspecified atom stereocenters. The summed E-state index contributed by atoms with van der Waals surface area (Å²) in [7, 11) is -4.07. The zero-order valence-corrected chi connectivity index (χ0v) is 21.2. The molecule has 8 N–H and O–H groups in total. The molecule has 12 heteroatoms. The van der Waals surface area contributed by atoms with Crippen LogP contribution in [0.1, 0.15) is 45.1 Å². The number of benzene rings is 1. The number of carbonyl (C=O) groups is 2. The van der Waals surface area contributed by atoms with Gasteiger partial charge < -0.3 is 27.4 Å². The first kappa shape index (κ1) is 26.7. The van der Waals surface area contributed by atoms with Gasteiger partial charge in [0.15, 0.2) is 5.96 Å². The van der Waals surface area contributed by atoms with Gasteiger partial charge in [0, 0.05) is 19.6 Å². The lowest BCUT2D eigenvalue weighted by Crippen LogP contribution is -2.57. The summed E-state index contributed by atoms with van der Waals surface area (Å²) in [5, 5.41) is 3.22. The number of nitrogens with zero attached hydrogens (tertiary/aromatic N) is 2. The molecule has 0 aliphatic carbocycles. The van der Waals surface area contributed by atoms with Gasteiger partial charge >= 0.3 is 0 Å². The van der Waals surface area contributed by atoms with Gasteiger partial charge in [0.1, 0.15) is 17.0 Å². The van der Waals surface area contributed by atoms with Gasteiger partial charge in [-0.3, -0.25) is 14.6 Å². The van der Waals surface area contributed by atoms with Crippen molar-refractivity contribution in [3.63, 3.8) is 0 Å². The summed E-state index contributed by atoms with van der Waals surface area (Å²) < 4.78 is 29.6. The van der Waals surface area contributed by atoms with Crippen LogP contribution in [0, 0.1) is 11.8 Å². The van der Waals surface area contributed by atoms with Gasteiger partial charge in [-0.05, 0) is 55.6 Å². The third-order valence-electron chi connectivity index (χ3n) is 6.61. The molecule has 0 radical (unpaired) electrons. The van der Waals surface area contributed by atoms with Gasteiger partial charge in [0.05, 0.1) is 5.69 Å². The molecule has 2 aliphatic rings. The molecule has 11 nitrogen and oxygen atoms in total. The van der Waals surface area contributed by atoms with E-state index in [0.717, 1.165) is 12.0 Å². The van der Waals surface area contributed by atoms with Crippen LogP contribution in [0.15, 0.2) is 28.1 Å². The Hall–Kier alpha value is -2.86. The number of fused-ring (bicyclic) bond motifs is 1. The summed E-state index contributed by atoms with van der Waals surface area (Å²) in [5.41, 5.74) is 17.8. The van der Waals surface area contributed by atoms with Crippen molar-refractivity contribution in [2.24, 2.45) is 34.0 Å². The van der Waals surface area contributed by atoms with Crippen molar-refractivity contribution in [2.75, 3.05) is 25.0 Å². The molecule has 4 atom stereocenters. The number of anilines is 1. The van der Waals surface area contributed by atoms with E-state index < -0.39 is 33.9 Å². The number of nitrogens with one attached hydrogen (secondary N) is 2. The number of amides is 2. The van der Waals surface area contributed by atoms with E-state index in [1.165, 1.54) is 11.0 Å². The number of piperidine rings is 1. The first-order valence-electron chi connectivity index (χ1n) is 12.0. The van der Waals surface area contributed by atoms with Crippen LogP contribution in [0.25, 0.3) is 0 Å². The minimum absolute atomic E-state index is 0.0801. The number of sulfonamides is 1. The Bertz CT molecular complexity index is 1070. The number of guanidine groups is 1. The minimum Gasteiger partial charge on any atom is -0.383 e. The summed E-state index contributed by atoms with van der Waals surface area (Å²) in [4.78, 5) is 31.1. The second-order valence-electron chi connectivity index (χ2n) is 9.68. The third kappa shape index (κ3) is 6.63. The Labute approximate surface area is 206 Å². The maximum atomic E-state index is 13.6. The summed E-state index contributed by atoms with van der Waals surface area (Å²) in [5.74, 6) is -0.533. The van der Waals surface area contributed by atoms with E-state index in [0.29, 0.717) is 44.0 Å². The molecule has 2 aliphatic heterocycles. The fourth-order valence-electron chi connectivity index (χ4n) is 4.76. The van der Waals surface area contributed by atoms with Crippen molar-refractivity contribution in [1.82, 2.24) is 9.62 Å². The first-order chi connectivity index (χ1) is 16.5. The Morgan fingerprint density at radius 2 is 1.97 bits per heavy atom. The van der Waals surface area contributed by atoms with E-state index in [1.807, 2.05) is 13.0 Å². The highest BCUT2D eigenvalue weighted by molar-refractivity contribution is 7.89. The topological polar surface area (TPSA) is 186 Å². The van der Waals surface area contributed by atoms with E-state index in [2.05, 4.69) is 22.0 Å². The minimum atomic E-state index is -4.07. The molecule has 1 aromatic rings. The monoisotopic (exact) mass is 507 g/mol. The first-order valence-corrected chi connectivity index (χ1v) is 13.5. The van der Waals surface area contributed by atoms with E-state index in [1.54, 1.807) is 6.07 Å². The summed E-state index contributed by atoms with van der Waals surface area (Å²) in [6.07, 6.45) is 2.44. The SMILES string of the molecule is CC1CNc2c(cccc2S(=O)(=O)N[C@@H](CCCN=C(N)N)C(=O)N2CC[C@@H](C)C[C@@H]2C(N)=O)C1. The van der Waals surface area contributed by atoms with Crippen LogP contribution in [0.2, 0.25) is 0 Å². The number of carbonyl (C=O) groups excluding carboxylic acids is 2. The number of primary amides is 1. The van der Waals surface area contributed by atoms with Gasteiger partial charge in [-0.1, -0.05) is 26.0 Å². The molecule has 194 valence electrons. The van der Waals surface area contributed by atoms with Crippen molar-refractivity contribution in [2.45, 2.75) is 62.9 Å². The molecule has 2 amide bonds. The quantitative estimate of drug-likeness (QED) is 0.178. The molecule has 1 saturated heterocycles. The fraction of sp³-hybridized carbons (Fsp3) is 0.609. The van der Waals surface area contributed by atoms with Crippen molar-refractivity contribution in [3.8, 4) is 0 Å². The average Bonchev–Trinajstić information content (AvgIpc) is 2.79. The van der Waals surface area contributed by atoms with Gasteiger partial charge in [-0.2, -0.15) is 4.72 Å². The molecule has 0 aromatic heterocycles. The highest BCUT2D eigenvalue weighted by Crippen LogP contribution is 2.31. The normalized spacial score (nSPS) is 23.0. The summed E-state index contributed by atoms with van der Waals surface area (Å²) in [6.45, 7) is 5.33.